The highest BCUT2D eigenvalue weighted by atomic mass is 16.6. The lowest BCUT2D eigenvalue weighted by Crippen LogP contribution is -2.61. The number of hydrogen-bond donors (Lipinski definition) is 0. The number of imide groups is 1. The Hall–Kier alpha value is -2.05. The summed E-state index contributed by atoms with van der Waals surface area (Å²) in [6.45, 7) is 8.98. The van der Waals surface area contributed by atoms with Crippen molar-refractivity contribution >= 4 is 18.1 Å². The number of likely N-dealkylation sites (tertiary alicyclic amines) is 1. The molecule has 0 saturated carbocycles. The standard InChI is InChI=1S/C15H22N2O5/c1-5-8-21-13(19)16-9-10-6-7-11(12(16)18)17(10)14(20)22-15(2,3)4/h5,10-11H,1,6-9H2,2-4H3. The van der Waals surface area contributed by atoms with Gasteiger partial charge in [0.25, 0.3) is 5.91 Å². The van der Waals surface area contributed by atoms with Crippen LogP contribution in [0.3, 0.4) is 0 Å². The van der Waals surface area contributed by atoms with E-state index in [0.29, 0.717) is 12.8 Å². The summed E-state index contributed by atoms with van der Waals surface area (Å²) < 4.78 is 10.3. The average molecular weight is 310 g/mol. The van der Waals surface area contributed by atoms with Gasteiger partial charge in [-0.15, -0.1) is 0 Å². The minimum absolute atomic E-state index is 0.0493. The van der Waals surface area contributed by atoms with E-state index in [4.69, 9.17) is 9.47 Å². The van der Waals surface area contributed by atoms with Gasteiger partial charge in [-0.25, -0.2) is 14.5 Å². The van der Waals surface area contributed by atoms with Crippen LogP contribution in [0, 0.1) is 0 Å². The molecule has 0 spiro atoms. The normalized spacial score (nSPS) is 24.2. The molecular weight excluding hydrogens is 288 g/mol. The topological polar surface area (TPSA) is 76.2 Å². The number of rotatable bonds is 2. The van der Waals surface area contributed by atoms with Gasteiger partial charge in [-0.1, -0.05) is 12.7 Å². The van der Waals surface area contributed by atoms with Gasteiger partial charge in [-0.05, 0) is 33.6 Å². The Morgan fingerprint density at radius 2 is 2.00 bits per heavy atom. The molecular formula is C15H22N2O5. The first-order valence-corrected chi connectivity index (χ1v) is 7.35. The Balaban J connectivity index is 2.09. The summed E-state index contributed by atoms with van der Waals surface area (Å²) in [5.41, 5.74) is -0.625. The van der Waals surface area contributed by atoms with Crippen molar-refractivity contribution in [2.45, 2.75) is 51.3 Å². The number of carbonyl (C=O) groups excluding carboxylic acids is 3. The van der Waals surface area contributed by atoms with Crippen LogP contribution in [0.25, 0.3) is 0 Å². The highest BCUT2D eigenvalue weighted by Crippen LogP contribution is 2.32. The van der Waals surface area contributed by atoms with Crippen LogP contribution >= 0.6 is 0 Å². The van der Waals surface area contributed by atoms with Gasteiger partial charge in [0.05, 0.1) is 12.6 Å². The summed E-state index contributed by atoms with van der Waals surface area (Å²) in [6.07, 6.45) is 1.45. The van der Waals surface area contributed by atoms with Crippen LogP contribution in [0.15, 0.2) is 12.7 Å². The molecule has 2 aliphatic heterocycles. The molecule has 122 valence electrons. The molecule has 0 aromatic carbocycles. The van der Waals surface area contributed by atoms with E-state index in [1.54, 1.807) is 20.8 Å². The Morgan fingerprint density at radius 3 is 2.59 bits per heavy atom. The summed E-state index contributed by atoms with van der Waals surface area (Å²) in [7, 11) is 0. The van der Waals surface area contributed by atoms with Crippen LogP contribution in [0.1, 0.15) is 33.6 Å². The van der Waals surface area contributed by atoms with Crippen molar-refractivity contribution in [3.8, 4) is 0 Å². The van der Waals surface area contributed by atoms with Crippen molar-refractivity contribution < 1.29 is 23.9 Å². The zero-order valence-corrected chi connectivity index (χ0v) is 13.2. The molecule has 2 bridgehead atoms. The number of fused-ring (bicyclic) bond motifs is 2. The van der Waals surface area contributed by atoms with Gasteiger partial charge in [0, 0.05) is 0 Å². The highest BCUT2D eigenvalue weighted by molar-refractivity contribution is 5.98. The molecule has 2 saturated heterocycles. The number of amides is 3. The first-order valence-electron chi connectivity index (χ1n) is 7.35. The second-order valence-corrected chi connectivity index (χ2v) is 6.45. The molecule has 0 aromatic rings. The first kappa shape index (κ1) is 16.3. The van der Waals surface area contributed by atoms with Crippen LogP contribution in [0.2, 0.25) is 0 Å². The predicted octanol–water partition coefficient (Wildman–Crippen LogP) is 1.92. The molecule has 22 heavy (non-hydrogen) atoms. The second kappa shape index (κ2) is 5.98. The maximum Gasteiger partial charge on any atom is 0.416 e. The van der Waals surface area contributed by atoms with Gasteiger partial charge < -0.3 is 9.47 Å². The summed E-state index contributed by atoms with van der Waals surface area (Å²) in [5.74, 6) is -0.409. The molecule has 2 aliphatic rings. The van der Waals surface area contributed by atoms with Crippen LogP contribution < -0.4 is 0 Å². The first-order chi connectivity index (χ1) is 10.2. The zero-order valence-electron chi connectivity index (χ0n) is 13.2. The minimum Gasteiger partial charge on any atom is -0.445 e. The third-order valence-corrected chi connectivity index (χ3v) is 3.60. The number of hydrogen-bond acceptors (Lipinski definition) is 5. The summed E-state index contributed by atoms with van der Waals surface area (Å²) >= 11 is 0. The van der Waals surface area contributed by atoms with E-state index in [1.165, 1.54) is 11.0 Å². The van der Waals surface area contributed by atoms with E-state index >= 15 is 0 Å². The van der Waals surface area contributed by atoms with Crippen molar-refractivity contribution in [2.75, 3.05) is 13.2 Å². The Bertz CT molecular complexity index is 497. The molecule has 0 N–H and O–H groups in total. The fourth-order valence-corrected chi connectivity index (χ4v) is 2.75. The molecule has 2 atom stereocenters. The maximum atomic E-state index is 12.4. The lowest BCUT2D eigenvalue weighted by molar-refractivity contribution is -0.138. The molecule has 7 nitrogen and oxygen atoms in total. The minimum atomic E-state index is -0.689. The largest absolute Gasteiger partial charge is 0.445 e. The third kappa shape index (κ3) is 3.23. The van der Waals surface area contributed by atoms with Crippen molar-refractivity contribution in [1.29, 1.82) is 0 Å². The average Bonchev–Trinajstić information content (AvgIpc) is 2.76. The lowest BCUT2D eigenvalue weighted by Gasteiger charge is -2.39. The highest BCUT2D eigenvalue weighted by Gasteiger charge is 2.51. The van der Waals surface area contributed by atoms with Crippen molar-refractivity contribution in [3.63, 3.8) is 0 Å². The molecule has 0 radical (unpaired) electrons. The maximum absolute atomic E-state index is 12.4. The van der Waals surface area contributed by atoms with Gasteiger partial charge in [-0.2, -0.15) is 0 Å². The third-order valence-electron chi connectivity index (χ3n) is 3.60. The lowest BCUT2D eigenvalue weighted by atomic mass is 10.2. The van der Waals surface area contributed by atoms with Crippen molar-refractivity contribution in [1.82, 2.24) is 9.80 Å². The van der Waals surface area contributed by atoms with Crippen LogP contribution in [0.5, 0.6) is 0 Å². The van der Waals surface area contributed by atoms with Crippen LogP contribution in [-0.4, -0.2) is 58.7 Å². The summed E-state index contributed by atoms with van der Waals surface area (Å²) in [6, 6.07) is -0.862. The van der Waals surface area contributed by atoms with Gasteiger partial charge in [0.2, 0.25) is 0 Å². The molecule has 2 rings (SSSR count). The zero-order chi connectivity index (χ0) is 16.5. The van der Waals surface area contributed by atoms with E-state index in [9.17, 15) is 14.4 Å². The molecule has 0 aromatic heterocycles. The molecule has 2 fully saturated rings. The quantitative estimate of drug-likeness (QED) is 0.728. The van der Waals surface area contributed by atoms with Gasteiger partial charge in [0.15, 0.2) is 0 Å². The van der Waals surface area contributed by atoms with E-state index in [1.807, 2.05) is 0 Å². The number of nitrogens with zero attached hydrogens (tertiary/aromatic N) is 2. The number of ether oxygens (including phenoxy) is 2. The van der Waals surface area contributed by atoms with Gasteiger partial charge in [-0.3, -0.25) is 9.69 Å². The van der Waals surface area contributed by atoms with E-state index in [2.05, 4.69) is 6.58 Å². The van der Waals surface area contributed by atoms with E-state index in [-0.39, 0.29) is 19.2 Å². The van der Waals surface area contributed by atoms with Gasteiger partial charge >= 0.3 is 12.2 Å². The Morgan fingerprint density at radius 1 is 1.32 bits per heavy atom. The Kier molecular flexibility index (Phi) is 4.44. The second-order valence-electron chi connectivity index (χ2n) is 6.45. The van der Waals surface area contributed by atoms with Crippen LogP contribution in [-0.2, 0) is 14.3 Å². The molecule has 3 amide bonds. The molecule has 0 aliphatic carbocycles. The molecule has 2 unspecified atom stereocenters. The smallest absolute Gasteiger partial charge is 0.416 e. The Labute approximate surface area is 129 Å². The van der Waals surface area contributed by atoms with E-state index in [0.717, 1.165) is 4.90 Å². The fraction of sp³-hybridized carbons (Fsp3) is 0.667. The van der Waals surface area contributed by atoms with Crippen molar-refractivity contribution in [2.24, 2.45) is 0 Å². The molecule has 7 heteroatoms. The fourth-order valence-electron chi connectivity index (χ4n) is 2.75. The van der Waals surface area contributed by atoms with Gasteiger partial charge in [0.1, 0.15) is 18.2 Å². The van der Waals surface area contributed by atoms with Crippen LogP contribution in [0.4, 0.5) is 9.59 Å². The predicted molar refractivity (Wildman–Crippen MR) is 78.1 cm³/mol. The SMILES string of the molecule is C=CCOC(=O)N1CC2CCC(C1=O)N2C(=O)OC(C)(C)C. The number of carbonyl (C=O) groups is 3. The number of piperazine rings is 1. The molecule has 2 heterocycles. The van der Waals surface area contributed by atoms with Crippen molar-refractivity contribution in [3.05, 3.63) is 12.7 Å². The summed E-state index contributed by atoms with van der Waals surface area (Å²) in [4.78, 5) is 39.1. The summed E-state index contributed by atoms with van der Waals surface area (Å²) in [5, 5.41) is 0. The monoisotopic (exact) mass is 310 g/mol. The van der Waals surface area contributed by atoms with E-state index < -0.39 is 29.7 Å².